The monoisotopic (exact) mass is 289 g/mol. The van der Waals surface area contributed by atoms with Gasteiger partial charge in [-0.15, -0.1) is 11.3 Å². The summed E-state index contributed by atoms with van der Waals surface area (Å²) in [7, 11) is 0. The van der Waals surface area contributed by atoms with E-state index in [-0.39, 0.29) is 11.9 Å². The molecule has 0 radical (unpaired) electrons. The van der Waals surface area contributed by atoms with Crippen molar-refractivity contribution < 1.29 is 9.53 Å². The molecule has 1 fully saturated rings. The Kier molecular flexibility index (Phi) is 4.31. The molecule has 0 unspecified atom stereocenters. The second kappa shape index (κ2) is 6.35. The van der Waals surface area contributed by atoms with Crippen molar-refractivity contribution in [1.82, 2.24) is 4.98 Å². The predicted octanol–water partition coefficient (Wildman–Crippen LogP) is 3.96. The van der Waals surface area contributed by atoms with Crippen LogP contribution in [-0.4, -0.2) is 17.6 Å². The van der Waals surface area contributed by atoms with Gasteiger partial charge in [0.1, 0.15) is 0 Å². The van der Waals surface area contributed by atoms with Gasteiger partial charge in [-0.1, -0.05) is 31.4 Å². The summed E-state index contributed by atoms with van der Waals surface area (Å²) in [5.41, 5.74) is 1.03. The first kappa shape index (κ1) is 13.6. The summed E-state index contributed by atoms with van der Waals surface area (Å²) in [4.78, 5) is 16.5. The van der Waals surface area contributed by atoms with Gasteiger partial charge >= 0.3 is 5.97 Å². The quantitative estimate of drug-likeness (QED) is 0.800. The topological polar surface area (TPSA) is 39.2 Å². The number of hydrogen-bond donors (Lipinski definition) is 0. The van der Waals surface area contributed by atoms with Crippen LogP contribution in [0.15, 0.2) is 24.3 Å². The summed E-state index contributed by atoms with van der Waals surface area (Å²) in [5, 5.41) is 1.04. The number of benzene rings is 1. The molecule has 0 N–H and O–H groups in total. The van der Waals surface area contributed by atoms with E-state index in [1.807, 2.05) is 18.2 Å². The summed E-state index contributed by atoms with van der Waals surface area (Å²) >= 11 is 1.68. The van der Waals surface area contributed by atoms with Crippen LogP contribution in [0.1, 0.15) is 37.1 Å². The van der Waals surface area contributed by atoms with Gasteiger partial charge in [0.15, 0.2) is 0 Å². The van der Waals surface area contributed by atoms with Crippen LogP contribution in [-0.2, 0) is 16.0 Å². The van der Waals surface area contributed by atoms with Crippen molar-refractivity contribution in [2.75, 3.05) is 6.61 Å². The third kappa shape index (κ3) is 3.18. The molecule has 2 aromatic rings. The number of aromatic nitrogens is 1. The molecular weight excluding hydrogens is 270 g/mol. The average Bonchev–Trinajstić information content (AvgIpc) is 2.90. The molecule has 0 saturated heterocycles. The van der Waals surface area contributed by atoms with Crippen LogP contribution in [0, 0.1) is 5.92 Å². The lowest BCUT2D eigenvalue weighted by Crippen LogP contribution is -2.21. The fourth-order valence-corrected chi connectivity index (χ4v) is 3.67. The predicted molar refractivity (Wildman–Crippen MR) is 80.9 cm³/mol. The highest BCUT2D eigenvalue weighted by atomic mass is 32.1. The standard InChI is InChI=1S/C16H19NO2S/c18-16(12-6-2-1-3-7-12)19-11-10-15-17-13-8-4-5-9-14(13)20-15/h4-5,8-9,12H,1-3,6-7,10-11H2. The minimum atomic E-state index is -0.00851. The van der Waals surface area contributed by atoms with Crippen molar-refractivity contribution in [2.24, 2.45) is 5.92 Å². The van der Waals surface area contributed by atoms with E-state index in [1.165, 1.54) is 11.1 Å². The zero-order valence-electron chi connectivity index (χ0n) is 11.5. The van der Waals surface area contributed by atoms with Crippen LogP contribution < -0.4 is 0 Å². The van der Waals surface area contributed by atoms with Gasteiger partial charge in [-0.2, -0.15) is 0 Å². The lowest BCUT2D eigenvalue weighted by Gasteiger charge is -2.19. The molecule has 0 amide bonds. The number of para-hydroxylation sites is 1. The van der Waals surface area contributed by atoms with E-state index in [4.69, 9.17) is 4.74 Å². The molecule has 0 atom stereocenters. The molecule has 0 spiro atoms. The molecule has 20 heavy (non-hydrogen) atoms. The van der Waals surface area contributed by atoms with E-state index in [2.05, 4.69) is 11.1 Å². The van der Waals surface area contributed by atoms with Crippen LogP contribution >= 0.6 is 11.3 Å². The number of hydrogen-bond acceptors (Lipinski definition) is 4. The minimum absolute atomic E-state index is 0.00851. The molecule has 3 nitrogen and oxygen atoms in total. The first-order valence-corrected chi connectivity index (χ1v) is 8.15. The largest absolute Gasteiger partial charge is 0.465 e. The molecule has 1 aliphatic rings. The molecule has 0 bridgehead atoms. The van der Waals surface area contributed by atoms with Crippen LogP contribution in [0.5, 0.6) is 0 Å². The summed E-state index contributed by atoms with van der Waals surface area (Å²) < 4.78 is 6.60. The number of carbonyl (C=O) groups excluding carboxylic acids is 1. The van der Waals surface area contributed by atoms with Crippen LogP contribution in [0.3, 0.4) is 0 Å². The second-order valence-corrected chi connectivity index (χ2v) is 6.44. The summed E-state index contributed by atoms with van der Waals surface area (Å²) in [5.74, 6) is 0.130. The van der Waals surface area contributed by atoms with Crippen LogP contribution in [0.2, 0.25) is 0 Å². The number of thiazole rings is 1. The molecule has 1 aliphatic carbocycles. The van der Waals surface area contributed by atoms with Gasteiger partial charge in [-0.25, -0.2) is 4.98 Å². The Morgan fingerprint density at radius 1 is 1.25 bits per heavy atom. The third-order valence-corrected chi connectivity index (χ3v) is 4.93. The van der Waals surface area contributed by atoms with Crippen molar-refractivity contribution >= 4 is 27.5 Å². The Bertz CT molecular complexity index is 554. The number of carbonyl (C=O) groups is 1. The Morgan fingerprint density at radius 3 is 2.85 bits per heavy atom. The summed E-state index contributed by atoms with van der Waals surface area (Å²) in [6.07, 6.45) is 6.31. The Hall–Kier alpha value is -1.42. The van der Waals surface area contributed by atoms with E-state index in [0.29, 0.717) is 6.61 Å². The normalized spacial score (nSPS) is 16.4. The van der Waals surface area contributed by atoms with E-state index in [1.54, 1.807) is 11.3 Å². The summed E-state index contributed by atoms with van der Waals surface area (Å²) in [6.45, 7) is 0.454. The van der Waals surface area contributed by atoms with E-state index in [0.717, 1.165) is 42.6 Å². The average molecular weight is 289 g/mol. The Labute approximate surface area is 123 Å². The summed E-state index contributed by atoms with van der Waals surface area (Å²) in [6, 6.07) is 8.11. The Balaban J connectivity index is 1.50. The van der Waals surface area contributed by atoms with Gasteiger partial charge in [0.25, 0.3) is 0 Å². The van der Waals surface area contributed by atoms with E-state index >= 15 is 0 Å². The molecule has 3 rings (SSSR count). The number of nitrogens with zero attached hydrogens (tertiary/aromatic N) is 1. The van der Waals surface area contributed by atoms with Gasteiger partial charge in [0.05, 0.1) is 27.7 Å². The van der Waals surface area contributed by atoms with Gasteiger partial charge in [-0.3, -0.25) is 4.79 Å². The van der Waals surface area contributed by atoms with Crippen molar-refractivity contribution in [3.05, 3.63) is 29.3 Å². The Morgan fingerprint density at radius 2 is 2.05 bits per heavy atom. The molecule has 106 valence electrons. The maximum Gasteiger partial charge on any atom is 0.308 e. The lowest BCUT2D eigenvalue weighted by molar-refractivity contribution is -0.149. The highest BCUT2D eigenvalue weighted by Gasteiger charge is 2.22. The fourth-order valence-electron chi connectivity index (χ4n) is 2.72. The zero-order valence-corrected chi connectivity index (χ0v) is 12.3. The fraction of sp³-hybridized carbons (Fsp3) is 0.500. The molecular formula is C16H19NO2S. The van der Waals surface area contributed by atoms with Crippen molar-refractivity contribution in [1.29, 1.82) is 0 Å². The van der Waals surface area contributed by atoms with Gasteiger partial charge < -0.3 is 4.74 Å². The zero-order chi connectivity index (χ0) is 13.8. The highest BCUT2D eigenvalue weighted by Crippen LogP contribution is 2.25. The van der Waals surface area contributed by atoms with Crippen LogP contribution in [0.4, 0.5) is 0 Å². The molecule has 1 saturated carbocycles. The van der Waals surface area contributed by atoms with Gasteiger partial charge in [0.2, 0.25) is 0 Å². The first-order chi connectivity index (χ1) is 9.83. The number of ether oxygens (including phenoxy) is 1. The third-order valence-electron chi connectivity index (χ3n) is 3.84. The second-order valence-electron chi connectivity index (χ2n) is 5.33. The minimum Gasteiger partial charge on any atom is -0.465 e. The van der Waals surface area contributed by atoms with Gasteiger partial charge in [0, 0.05) is 6.42 Å². The maximum absolute atomic E-state index is 11.9. The number of esters is 1. The van der Waals surface area contributed by atoms with E-state index < -0.39 is 0 Å². The smallest absolute Gasteiger partial charge is 0.308 e. The highest BCUT2D eigenvalue weighted by molar-refractivity contribution is 7.18. The number of rotatable bonds is 4. The molecule has 1 aromatic heterocycles. The van der Waals surface area contributed by atoms with Crippen molar-refractivity contribution in [3.63, 3.8) is 0 Å². The first-order valence-electron chi connectivity index (χ1n) is 7.34. The molecule has 4 heteroatoms. The molecule has 1 heterocycles. The molecule has 1 aromatic carbocycles. The van der Waals surface area contributed by atoms with Gasteiger partial charge in [-0.05, 0) is 25.0 Å². The maximum atomic E-state index is 11.9. The van der Waals surface area contributed by atoms with Crippen molar-refractivity contribution in [2.45, 2.75) is 38.5 Å². The molecule has 0 aliphatic heterocycles. The van der Waals surface area contributed by atoms with Crippen LogP contribution in [0.25, 0.3) is 10.2 Å². The lowest BCUT2D eigenvalue weighted by atomic mass is 9.89. The van der Waals surface area contributed by atoms with E-state index in [9.17, 15) is 4.79 Å². The SMILES string of the molecule is O=C(OCCc1nc2ccccc2s1)C1CCCCC1. The number of fused-ring (bicyclic) bond motifs is 1. The van der Waals surface area contributed by atoms with Crippen molar-refractivity contribution in [3.8, 4) is 0 Å².